The quantitative estimate of drug-likeness (QED) is 0.682. The molecule has 24 heavy (non-hydrogen) atoms. The second kappa shape index (κ2) is 6.26. The van der Waals surface area contributed by atoms with Gasteiger partial charge in [-0.05, 0) is 25.0 Å². The van der Waals surface area contributed by atoms with Crippen LogP contribution in [0.25, 0.3) is 5.13 Å². The molecule has 1 amide bonds. The Morgan fingerprint density at radius 1 is 1.33 bits per heavy atom. The van der Waals surface area contributed by atoms with E-state index in [1.165, 1.54) is 11.3 Å². The number of nitrogens with one attached hydrogen (secondary N) is 2. The fraction of sp³-hybridized carbons (Fsp3) is 0.188. The van der Waals surface area contributed by atoms with Crippen molar-refractivity contribution in [3.63, 3.8) is 0 Å². The highest BCUT2D eigenvalue weighted by Crippen LogP contribution is 2.41. The molecule has 3 aromatic rings. The lowest BCUT2D eigenvalue weighted by Gasteiger charge is -2.09. The van der Waals surface area contributed by atoms with Gasteiger partial charge >= 0.3 is 0 Å². The molecule has 6 nitrogen and oxygen atoms in total. The largest absolute Gasteiger partial charge is 0.297 e. The molecular formula is C16H14ClN5OS. The minimum atomic E-state index is -0.236. The van der Waals surface area contributed by atoms with Crippen LogP contribution >= 0.6 is 22.9 Å². The number of rotatable bonds is 5. The number of anilines is 1. The fourth-order valence-corrected chi connectivity index (χ4v) is 3.15. The van der Waals surface area contributed by atoms with E-state index in [1.807, 2.05) is 17.5 Å². The number of amides is 1. The zero-order valence-corrected chi connectivity index (χ0v) is 14.1. The summed E-state index contributed by atoms with van der Waals surface area (Å²) in [5, 5.41) is 7.73. The SMILES string of the molecule is O=C(NNc1ccccc1Cl)c1cn(-c2nccs2)nc1C1CC1. The van der Waals surface area contributed by atoms with Crippen molar-refractivity contribution >= 4 is 34.5 Å². The monoisotopic (exact) mass is 359 g/mol. The van der Waals surface area contributed by atoms with E-state index in [4.69, 9.17) is 11.6 Å². The second-order valence-electron chi connectivity index (χ2n) is 5.52. The van der Waals surface area contributed by atoms with Gasteiger partial charge in [-0.3, -0.25) is 15.6 Å². The molecule has 4 rings (SSSR count). The van der Waals surface area contributed by atoms with Crippen LogP contribution in [-0.2, 0) is 0 Å². The Hall–Kier alpha value is -2.38. The first kappa shape index (κ1) is 15.2. The standard InChI is InChI=1S/C16H14ClN5OS/c17-12-3-1-2-4-13(12)19-20-15(23)11-9-22(16-18-7-8-24-16)21-14(11)10-5-6-10/h1-4,7-10,19H,5-6H2,(H,20,23). The molecule has 122 valence electrons. The Balaban J connectivity index is 1.56. The van der Waals surface area contributed by atoms with Gasteiger partial charge in [-0.2, -0.15) is 5.10 Å². The number of halogens is 1. The van der Waals surface area contributed by atoms with Crippen molar-refractivity contribution in [3.8, 4) is 5.13 Å². The summed E-state index contributed by atoms with van der Waals surface area (Å²) in [5.41, 5.74) is 7.59. The van der Waals surface area contributed by atoms with Gasteiger partial charge in [0.25, 0.3) is 5.91 Å². The first-order valence-electron chi connectivity index (χ1n) is 7.52. The zero-order chi connectivity index (χ0) is 16.5. The average Bonchev–Trinajstić information content (AvgIpc) is 3.12. The molecule has 0 spiro atoms. The first-order valence-corrected chi connectivity index (χ1v) is 8.78. The summed E-state index contributed by atoms with van der Waals surface area (Å²) < 4.78 is 1.67. The summed E-state index contributed by atoms with van der Waals surface area (Å²) in [6.45, 7) is 0. The minimum absolute atomic E-state index is 0.236. The Kier molecular flexibility index (Phi) is 3.95. The highest BCUT2D eigenvalue weighted by Gasteiger charge is 2.32. The molecule has 8 heteroatoms. The molecule has 1 saturated carbocycles. The molecule has 1 fully saturated rings. The van der Waals surface area contributed by atoms with Crippen LogP contribution in [0, 0.1) is 0 Å². The number of hydrogen-bond donors (Lipinski definition) is 2. The lowest BCUT2D eigenvalue weighted by atomic mass is 10.2. The lowest BCUT2D eigenvalue weighted by molar-refractivity contribution is 0.0961. The Morgan fingerprint density at radius 2 is 2.17 bits per heavy atom. The van der Waals surface area contributed by atoms with Gasteiger partial charge in [0, 0.05) is 23.7 Å². The van der Waals surface area contributed by atoms with Crippen LogP contribution < -0.4 is 10.9 Å². The van der Waals surface area contributed by atoms with Crippen LogP contribution in [-0.4, -0.2) is 20.7 Å². The van der Waals surface area contributed by atoms with E-state index in [0.29, 0.717) is 22.2 Å². The summed E-state index contributed by atoms with van der Waals surface area (Å²) in [5.74, 6) is 0.118. The van der Waals surface area contributed by atoms with Gasteiger partial charge in [-0.25, -0.2) is 9.67 Å². The molecule has 0 atom stereocenters. The van der Waals surface area contributed by atoms with Gasteiger partial charge in [0.2, 0.25) is 5.13 Å². The maximum absolute atomic E-state index is 12.6. The van der Waals surface area contributed by atoms with Crippen LogP contribution in [0.15, 0.2) is 42.0 Å². The van der Waals surface area contributed by atoms with E-state index < -0.39 is 0 Å². The third kappa shape index (κ3) is 3.00. The van der Waals surface area contributed by atoms with E-state index >= 15 is 0 Å². The molecule has 0 radical (unpaired) electrons. The van der Waals surface area contributed by atoms with Crippen molar-refractivity contribution in [1.82, 2.24) is 20.2 Å². The molecule has 1 aliphatic carbocycles. The van der Waals surface area contributed by atoms with Crippen molar-refractivity contribution in [2.24, 2.45) is 0 Å². The smallest absolute Gasteiger partial charge is 0.273 e. The normalized spacial score (nSPS) is 13.7. The maximum atomic E-state index is 12.6. The third-order valence-corrected chi connectivity index (χ3v) is 4.84. The summed E-state index contributed by atoms with van der Waals surface area (Å²) >= 11 is 7.56. The molecule has 0 aliphatic heterocycles. The third-order valence-electron chi connectivity index (χ3n) is 3.75. The number of aromatic nitrogens is 3. The van der Waals surface area contributed by atoms with Crippen LogP contribution in [0.5, 0.6) is 0 Å². The number of hydrogen-bond acceptors (Lipinski definition) is 5. The van der Waals surface area contributed by atoms with Gasteiger partial charge in [-0.15, -0.1) is 11.3 Å². The molecule has 0 unspecified atom stereocenters. The van der Waals surface area contributed by atoms with Crippen LogP contribution in [0.4, 0.5) is 5.69 Å². The number of hydrazine groups is 1. The van der Waals surface area contributed by atoms with E-state index in [-0.39, 0.29) is 5.91 Å². The molecule has 2 heterocycles. The molecular weight excluding hydrogens is 346 g/mol. The molecule has 1 aliphatic rings. The van der Waals surface area contributed by atoms with E-state index in [0.717, 1.165) is 23.7 Å². The average molecular weight is 360 g/mol. The maximum Gasteiger partial charge on any atom is 0.273 e. The first-order chi connectivity index (χ1) is 11.7. The topological polar surface area (TPSA) is 71.8 Å². The second-order valence-corrected chi connectivity index (χ2v) is 6.80. The number of benzene rings is 1. The Morgan fingerprint density at radius 3 is 2.88 bits per heavy atom. The summed E-state index contributed by atoms with van der Waals surface area (Å²) in [6, 6.07) is 7.23. The number of nitrogens with zero attached hydrogens (tertiary/aromatic N) is 3. The summed E-state index contributed by atoms with van der Waals surface area (Å²) in [7, 11) is 0. The molecule has 2 aromatic heterocycles. The van der Waals surface area contributed by atoms with Crippen molar-refractivity contribution in [3.05, 3.63) is 58.3 Å². The summed E-state index contributed by atoms with van der Waals surface area (Å²) in [6.07, 6.45) is 5.58. The number of para-hydroxylation sites is 1. The van der Waals surface area contributed by atoms with Gasteiger partial charge in [0.15, 0.2) is 0 Å². The lowest BCUT2D eigenvalue weighted by Crippen LogP contribution is -2.29. The Labute approximate surface area is 147 Å². The number of thiazole rings is 1. The molecule has 0 saturated heterocycles. The van der Waals surface area contributed by atoms with Gasteiger partial charge in [0.1, 0.15) is 0 Å². The van der Waals surface area contributed by atoms with Crippen molar-refractivity contribution in [2.75, 3.05) is 5.43 Å². The number of carbonyl (C=O) groups is 1. The molecule has 1 aromatic carbocycles. The van der Waals surface area contributed by atoms with Gasteiger partial charge in [0.05, 0.1) is 22.0 Å². The molecule has 2 N–H and O–H groups in total. The van der Waals surface area contributed by atoms with E-state index in [9.17, 15) is 4.79 Å². The van der Waals surface area contributed by atoms with Gasteiger partial charge in [-0.1, -0.05) is 23.7 Å². The number of carbonyl (C=O) groups excluding carboxylic acids is 1. The Bertz CT molecular complexity index is 872. The zero-order valence-electron chi connectivity index (χ0n) is 12.6. The van der Waals surface area contributed by atoms with Crippen molar-refractivity contribution in [2.45, 2.75) is 18.8 Å². The fourth-order valence-electron chi connectivity index (χ4n) is 2.40. The highest BCUT2D eigenvalue weighted by atomic mass is 35.5. The highest BCUT2D eigenvalue weighted by molar-refractivity contribution is 7.12. The van der Waals surface area contributed by atoms with Gasteiger partial charge < -0.3 is 0 Å². The van der Waals surface area contributed by atoms with Crippen molar-refractivity contribution in [1.29, 1.82) is 0 Å². The van der Waals surface area contributed by atoms with E-state index in [2.05, 4.69) is 20.9 Å². The van der Waals surface area contributed by atoms with E-state index in [1.54, 1.807) is 29.2 Å². The van der Waals surface area contributed by atoms with Crippen LogP contribution in [0.3, 0.4) is 0 Å². The van der Waals surface area contributed by atoms with Crippen LogP contribution in [0.1, 0.15) is 34.8 Å². The summed E-state index contributed by atoms with van der Waals surface area (Å²) in [4.78, 5) is 16.8. The van der Waals surface area contributed by atoms with Crippen molar-refractivity contribution < 1.29 is 4.79 Å². The predicted molar refractivity (Wildman–Crippen MR) is 93.8 cm³/mol. The predicted octanol–water partition coefficient (Wildman–Crippen LogP) is 3.62. The van der Waals surface area contributed by atoms with Crippen LogP contribution in [0.2, 0.25) is 5.02 Å². The minimum Gasteiger partial charge on any atom is -0.297 e. The molecule has 0 bridgehead atoms.